The van der Waals surface area contributed by atoms with Crippen molar-refractivity contribution < 1.29 is 24.5 Å². The van der Waals surface area contributed by atoms with Gasteiger partial charge in [-0.2, -0.15) is 0 Å². The van der Waals surface area contributed by atoms with E-state index in [-0.39, 0.29) is 41.7 Å². The van der Waals surface area contributed by atoms with Crippen molar-refractivity contribution in [1.82, 2.24) is 30.8 Å². The molecule has 10 N–H and O–H groups in total. The van der Waals surface area contributed by atoms with E-state index in [2.05, 4.69) is 49.8 Å². The molecule has 1 saturated heterocycles. The number of ether oxygens (including phenoxy) is 1. The van der Waals surface area contributed by atoms with E-state index in [0.717, 1.165) is 18.2 Å². The highest BCUT2D eigenvalue weighted by Crippen LogP contribution is 2.45. The van der Waals surface area contributed by atoms with Crippen molar-refractivity contribution in [3.05, 3.63) is 57.8 Å². The lowest BCUT2D eigenvalue weighted by molar-refractivity contribution is -0.230. The second kappa shape index (κ2) is 9.42. The summed E-state index contributed by atoms with van der Waals surface area (Å²) in [6.07, 6.45) is 2.93. The summed E-state index contributed by atoms with van der Waals surface area (Å²) in [5.41, 5.74) is 11.0. The van der Waals surface area contributed by atoms with Crippen LogP contribution in [-0.2, 0) is 5.41 Å². The highest BCUT2D eigenvalue weighted by molar-refractivity contribution is 5.98. The minimum absolute atomic E-state index is 0.0379. The van der Waals surface area contributed by atoms with E-state index in [1.807, 2.05) is 6.07 Å². The fourth-order valence-corrected chi connectivity index (χ4v) is 6.19. The molecule has 0 saturated carbocycles. The summed E-state index contributed by atoms with van der Waals surface area (Å²) in [6.45, 7) is 4.33. The van der Waals surface area contributed by atoms with Crippen LogP contribution in [0.15, 0.2) is 45.4 Å². The second-order valence-corrected chi connectivity index (χ2v) is 11.4. The van der Waals surface area contributed by atoms with Crippen LogP contribution in [0.2, 0.25) is 0 Å². The van der Waals surface area contributed by atoms with E-state index in [9.17, 15) is 24.6 Å². The number of benzene rings is 1. The highest BCUT2D eigenvalue weighted by atomic mass is 16.5. The van der Waals surface area contributed by atoms with Gasteiger partial charge in [-0.1, -0.05) is 26.0 Å². The molecule has 4 atom stereocenters. The fraction of sp³-hybridized carbons (Fsp3) is 0.462. The summed E-state index contributed by atoms with van der Waals surface area (Å²) in [7, 11) is 0. The lowest BCUT2D eigenvalue weighted by Gasteiger charge is -2.49. The third kappa shape index (κ3) is 4.05. The van der Waals surface area contributed by atoms with E-state index in [1.165, 1.54) is 11.1 Å². The Bertz CT molecular complexity index is 1560. The van der Waals surface area contributed by atoms with Gasteiger partial charge >= 0.3 is 0 Å². The zero-order valence-corrected chi connectivity index (χ0v) is 22.9. The van der Waals surface area contributed by atoms with Gasteiger partial charge in [0.1, 0.15) is 23.5 Å². The van der Waals surface area contributed by atoms with Crippen molar-refractivity contribution in [1.29, 1.82) is 0 Å². The summed E-state index contributed by atoms with van der Waals surface area (Å²) in [5.74, 6) is -3.53. The van der Waals surface area contributed by atoms with Gasteiger partial charge in [0.2, 0.25) is 5.79 Å². The molecule has 1 spiro atoms. The van der Waals surface area contributed by atoms with Crippen LogP contribution >= 0.6 is 0 Å². The van der Waals surface area contributed by atoms with Crippen molar-refractivity contribution in [2.45, 2.75) is 55.3 Å². The maximum atomic E-state index is 13.6. The molecule has 2 amide bonds. The lowest BCUT2D eigenvalue weighted by Crippen LogP contribution is -2.78. The molecule has 5 heterocycles. The molecule has 16 heteroatoms. The highest BCUT2D eigenvalue weighted by Gasteiger charge is 2.73. The third-order valence-electron chi connectivity index (χ3n) is 8.45. The first-order valence-electron chi connectivity index (χ1n) is 13.4. The quantitative estimate of drug-likeness (QED) is 0.166. The van der Waals surface area contributed by atoms with Gasteiger partial charge in [0.15, 0.2) is 17.6 Å². The molecule has 1 aromatic heterocycles. The molecular formula is C26H32N10O6. The molecule has 0 bridgehead atoms. The van der Waals surface area contributed by atoms with Crippen molar-refractivity contribution in [3.63, 3.8) is 0 Å². The first-order valence-corrected chi connectivity index (χ1v) is 13.4. The van der Waals surface area contributed by atoms with Crippen LogP contribution in [0.5, 0.6) is 5.75 Å². The number of amides is 2. The molecule has 1 fully saturated rings. The summed E-state index contributed by atoms with van der Waals surface area (Å²) in [6, 6.07) is 2.13. The molecular weight excluding hydrogens is 548 g/mol. The number of fused-ring (bicyclic) bond motifs is 1. The van der Waals surface area contributed by atoms with Crippen LogP contribution in [0.25, 0.3) is 0 Å². The van der Waals surface area contributed by atoms with E-state index < -0.39 is 46.9 Å². The molecule has 4 aliphatic heterocycles. The monoisotopic (exact) mass is 580 g/mol. The number of guanidine groups is 2. The smallest absolute Gasteiger partial charge is 0.271 e. The average molecular weight is 581 g/mol. The number of hydrogen-bond acceptors (Lipinski definition) is 13. The van der Waals surface area contributed by atoms with Crippen LogP contribution in [-0.4, -0.2) is 98.1 Å². The van der Waals surface area contributed by atoms with Crippen molar-refractivity contribution >= 4 is 23.7 Å². The minimum atomic E-state index is -2.66. The van der Waals surface area contributed by atoms with Crippen LogP contribution in [0.4, 0.5) is 0 Å². The van der Waals surface area contributed by atoms with Gasteiger partial charge in [-0.15, -0.1) is 0 Å². The number of aliphatic hydroxyl groups is 2. The van der Waals surface area contributed by atoms with Gasteiger partial charge in [-0.05, 0) is 17.9 Å². The molecule has 16 nitrogen and oxygen atoms in total. The number of aliphatic imine (C=N–C) groups is 2. The van der Waals surface area contributed by atoms with E-state index in [0.29, 0.717) is 12.4 Å². The van der Waals surface area contributed by atoms with Gasteiger partial charge in [-0.3, -0.25) is 14.4 Å². The number of H-pyrrole nitrogens is 1. The summed E-state index contributed by atoms with van der Waals surface area (Å²) in [5, 5.41) is 31.7. The van der Waals surface area contributed by atoms with Gasteiger partial charge in [0.25, 0.3) is 17.4 Å². The number of nitrogens with one attached hydrogen (secondary N) is 4. The largest absolute Gasteiger partial charge is 0.492 e. The van der Waals surface area contributed by atoms with Crippen LogP contribution in [0, 0.1) is 0 Å². The van der Waals surface area contributed by atoms with E-state index in [1.54, 1.807) is 12.1 Å². The number of carbonyl (C=O) groups is 2. The number of aromatic amines is 1. The zero-order valence-electron chi connectivity index (χ0n) is 22.9. The number of carbonyl (C=O) groups excluding carboxylic acids is 2. The Balaban J connectivity index is 1.26. The molecule has 6 rings (SSSR count). The Morgan fingerprint density at radius 1 is 1.21 bits per heavy atom. The second-order valence-electron chi connectivity index (χ2n) is 11.4. The maximum Gasteiger partial charge on any atom is 0.271 e. The Morgan fingerprint density at radius 3 is 2.74 bits per heavy atom. The third-order valence-corrected chi connectivity index (χ3v) is 8.45. The van der Waals surface area contributed by atoms with Crippen molar-refractivity contribution in [3.8, 4) is 5.75 Å². The Kier molecular flexibility index (Phi) is 6.16. The van der Waals surface area contributed by atoms with Crippen LogP contribution < -0.4 is 37.7 Å². The number of para-hydroxylation sites is 1. The SMILES string of the molecule is CC1(C)CCOc2c(C(=O)NC3CN4C(N)=N[C@@H](CNC(=O)c5c[nH]c(=O)cn5)C5N=C(N)NC54C3(O)O)cccc21. The summed E-state index contributed by atoms with van der Waals surface area (Å²) < 4.78 is 5.88. The van der Waals surface area contributed by atoms with E-state index >= 15 is 0 Å². The number of aromatic nitrogens is 2. The Hall–Kier alpha value is -4.70. The lowest BCUT2D eigenvalue weighted by atomic mass is 9.79. The number of rotatable bonds is 5. The molecule has 0 aliphatic carbocycles. The van der Waals surface area contributed by atoms with Gasteiger partial charge < -0.3 is 52.3 Å². The van der Waals surface area contributed by atoms with E-state index in [4.69, 9.17) is 16.2 Å². The Labute approximate surface area is 239 Å². The topological polar surface area (TPSA) is 246 Å². The number of nitrogens with zero attached hydrogens (tertiary/aromatic N) is 4. The predicted molar refractivity (Wildman–Crippen MR) is 149 cm³/mol. The summed E-state index contributed by atoms with van der Waals surface area (Å²) in [4.78, 5) is 53.9. The molecule has 0 radical (unpaired) electrons. The molecule has 3 unspecified atom stereocenters. The minimum Gasteiger partial charge on any atom is -0.492 e. The fourth-order valence-electron chi connectivity index (χ4n) is 6.19. The summed E-state index contributed by atoms with van der Waals surface area (Å²) >= 11 is 0. The van der Waals surface area contributed by atoms with Crippen LogP contribution in [0.3, 0.4) is 0 Å². The van der Waals surface area contributed by atoms with Gasteiger partial charge in [-0.25, -0.2) is 15.0 Å². The van der Waals surface area contributed by atoms with Crippen LogP contribution in [0.1, 0.15) is 46.7 Å². The number of nitrogens with two attached hydrogens (primary N) is 2. The zero-order chi connectivity index (χ0) is 30.0. The first-order chi connectivity index (χ1) is 19.8. The number of hydrogen-bond donors (Lipinski definition) is 8. The van der Waals surface area contributed by atoms with Crippen molar-refractivity contribution in [2.75, 3.05) is 19.7 Å². The average Bonchev–Trinajstić information content (AvgIpc) is 3.41. The molecule has 2 aromatic rings. The van der Waals surface area contributed by atoms with Gasteiger partial charge in [0, 0.05) is 24.8 Å². The van der Waals surface area contributed by atoms with Gasteiger partial charge in [0.05, 0.1) is 24.4 Å². The predicted octanol–water partition coefficient (Wildman–Crippen LogP) is -2.97. The maximum absolute atomic E-state index is 13.6. The molecule has 4 aliphatic rings. The van der Waals surface area contributed by atoms with Crippen molar-refractivity contribution in [2.24, 2.45) is 21.5 Å². The first kappa shape index (κ1) is 27.5. The molecule has 222 valence electrons. The standard InChI is InChI=1S/C26H32N10O6/c1-24(2)6-7-42-18-12(4-3-5-13(18)24)20(38)33-16-11-36-23(28)32-14(8-31-21(39)15-9-30-17(37)10-29-15)19-25(36,26(16,40)41)35-22(27)34-19/h3-5,9-10,14,16,19,40-41H,6-8,11H2,1-2H3,(H2,28,32)(H,30,37)(H,31,39)(H,33,38)(H3,27,34,35)/t14-,16?,19?,25?/m0/s1. The Morgan fingerprint density at radius 2 is 2.00 bits per heavy atom. The molecule has 42 heavy (non-hydrogen) atoms. The normalized spacial score (nSPS) is 28.2. The molecule has 1 aromatic carbocycles.